The van der Waals surface area contributed by atoms with Gasteiger partial charge >= 0.3 is 5.97 Å². The molecular formula is C12H23NO2. The monoisotopic (exact) mass is 213 g/mol. The maximum absolute atomic E-state index is 10.8. The van der Waals surface area contributed by atoms with Gasteiger partial charge in [0, 0.05) is 18.8 Å². The van der Waals surface area contributed by atoms with Crippen molar-refractivity contribution in [2.24, 2.45) is 17.8 Å². The summed E-state index contributed by atoms with van der Waals surface area (Å²) in [5.74, 6) is 1.58. The summed E-state index contributed by atoms with van der Waals surface area (Å²) in [6.45, 7) is 9.77. The number of ether oxygens (including phenoxy) is 1. The van der Waals surface area contributed by atoms with Gasteiger partial charge < -0.3 is 10.1 Å². The number of carbonyl (C=O) groups is 1. The average molecular weight is 213 g/mol. The molecule has 0 rings (SSSR count). The highest BCUT2D eigenvalue weighted by Gasteiger charge is 2.16. The van der Waals surface area contributed by atoms with Crippen molar-refractivity contribution in [3.05, 3.63) is 12.3 Å². The maximum Gasteiger partial charge on any atom is 0.331 e. The Kier molecular flexibility index (Phi) is 6.84. The molecule has 0 aromatic heterocycles. The van der Waals surface area contributed by atoms with E-state index in [2.05, 4.69) is 37.7 Å². The Morgan fingerprint density at radius 2 is 1.80 bits per heavy atom. The Bertz CT molecular complexity index is 202. The predicted molar refractivity (Wildman–Crippen MR) is 62.3 cm³/mol. The molecule has 0 radical (unpaired) electrons. The molecule has 0 spiro atoms. The van der Waals surface area contributed by atoms with E-state index in [-0.39, 0.29) is 5.97 Å². The Hall–Kier alpha value is -0.990. The van der Waals surface area contributed by atoms with Crippen LogP contribution < -0.4 is 5.32 Å². The molecule has 0 heterocycles. The number of hydrogen-bond donors (Lipinski definition) is 1. The fraction of sp³-hybridized carbons (Fsp3) is 0.750. The zero-order valence-corrected chi connectivity index (χ0v) is 10.4. The van der Waals surface area contributed by atoms with Crippen LogP contribution in [0.1, 0.15) is 27.7 Å². The highest BCUT2D eigenvalue weighted by Crippen LogP contribution is 2.19. The van der Waals surface area contributed by atoms with Crippen LogP contribution in [0.3, 0.4) is 0 Å². The lowest BCUT2D eigenvalue weighted by Crippen LogP contribution is -2.27. The van der Waals surface area contributed by atoms with Crippen LogP contribution in [-0.4, -0.2) is 19.6 Å². The summed E-state index contributed by atoms with van der Waals surface area (Å²) in [4.78, 5) is 10.8. The third kappa shape index (κ3) is 6.15. The van der Waals surface area contributed by atoms with Gasteiger partial charge in [-0.15, -0.1) is 0 Å². The Labute approximate surface area is 92.9 Å². The molecule has 3 heteroatoms. The molecule has 0 bridgehead atoms. The van der Waals surface area contributed by atoms with Crippen LogP contribution in [0.5, 0.6) is 0 Å². The lowest BCUT2D eigenvalue weighted by Gasteiger charge is -2.24. The van der Waals surface area contributed by atoms with E-state index in [0.29, 0.717) is 17.8 Å². The van der Waals surface area contributed by atoms with Crippen LogP contribution in [0.4, 0.5) is 0 Å². The first kappa shape index (κ1) is 14.0. The summed E-state index contributed by atoms with van der Waals surface area (Å²) in [5, 5.41) is 3.13. The SMILES string of the molecule is COC(=O)/C=C/NCC(C(C)C)C(C)C. The molecular weight excluding hydrogens is 190 g/mol. The van der Waals surface area contributed by atoms with Crippen molar-refractivity contribution in [3.63, 3.8) is 0 Å². The molecule has 0 aromatic rings. The molecule has 15 heavy (non-hydrogen) atoms. The lowest BCUT2D eigenvalue weighted by molar-refractivity contribution is -0.134. The molecule has 3 nitrogen and oxygen atoms in total. The minimum absolute atomic E-state index is 0.326. The molecule has 0 saturated heterocycles. The van der Waals surface area contributed by atoms with Crippen molar-refractivity contribution in [2.75, 3.05) is 13.7 Å². The van der Waals surface area contributed by atoms with Crippen LogP contribution in [0, 0.1) is 17.8 Å². The normalized spacial score (nSPS) is 11.7. The fourth-order valence-electron chi connectivity index (χ4n) is 1.64. The highest BCUT2D eigenvalue weighted by atomic mass is 16.5. The van der Waals surface area contributed by atoms with Crippen LogP contribution in [0.15, 0.2) is 12.3 Å². The average Bonchev–Trinajstić information content (AvgIpc) is 2.15. The first-order valence-corrected chi connectivity index (χ1v) is 5.47. The second-order valence-electron chi connectivity index (χ2n) is 4.42. The van der Waals surface area contributed by atoms with E-state index >= 15 is 0 Å². The van der Waals surface area contributed by atoms with Gasteiger partial charge in [0.25, 0.3) is 0 Å². The zero-order valence-electron chi connectivity index (χ0n) is 10.4. The van der Waals surface area contributed by atoms with Crippen molar-refractivity contribution >= 4 is 5.97 Å². The predicted octanol–water partition coefficient (Wildman–Crippen LogP) is 2.19. The Morgan fingerprint density at radius 3 is 2.20 bits per heavy atom. The minimum Gasteiger partial charge on any atom is -0.466 e. The molecule has 0 aliphatic heterocycles. The molecule has 0 fully saturated rings. The topological polar surface area (TPSA) is 38.3 Å². The van der Waals surface area contributed by atoms with Gasteiger partial charge in [-0.3, -0.25) is 0 Å². The van der Waals surface area contributed by atoms with Crippen molar-refractivity contribution in [2.45, 2.75) is 27.7 Å². The van der Waals surface area contributed by atoms with E-state index in [4.69, 9.17) is 0 Å². The molecule has 88 valence electrons. The van der Waals surface area contributed by atoms with Crippen molar-refractivity contribution in [1.82, 2.24) is 5.32 Å². The van der Waals surface area contributed by atoms with E-state index in [1.54, 1.807) is 6.20 Å². The number of nitrogens with one attached hydrogen (secondary N) is 1. The van der Waals surface area contributed by atoms with Gasteiger partial charge in [-0.1, -0.05) is 27.7 Å². The quantitative estimate of drug-likeness (QED) is 0.543. The van der Waals surface area contributed by atoms with Gasteiger partial charge in [-0.05, 0) is 17.8 Å². The van der Waals surface area contributed by atoms with Gasteiger partial charge in [0.15, 0.2) is 0 Å². The number of esters is 1. The lowest BCUT2D eigenvalue weighted by atomic mass is 9.85. The third-order valence-electron chi connectivity index (χ3n) is 2.60. The molecule has 0 aliphatic carbocycles. The highest BCUT2D eigenvalue weighted by molar-refractivity contribution is 5.81. The van der Waals surface area contributed by atoms with E-state index < -0.39 is 0 Å². The fourth-order valence-corrected chi connectivity index (χ4v) is 1.64. The first-order chi connectivity index (χ1) is 6.99. The molecule has 0 amide bonds. The summed E-state index contributed by atoms with van der Waals surface area (Å²) in [7, 11) is 1.37. The third-order valence-corrected chi connectivity index (χ3v) is 2.60. The summed E-state index contributed by atoms with van der Waals surface area (Å²) in [6, 6.07) is 0. The smallest absolute Gasteiger partial charge is 0.331 e. The summed E-state index contributed by atoms with van der Waals surface area (Å²) in [5.41, 5.74) is 0. The number of hydrogen-bond acceptors (Lipinski definition) is 3. The van der Waals surface area contributed by atoms with Gasteiger partial charge in [0.1, 0.15) is 0 Å². The minimum atomic E-state index is -0.326. The van der Waals surface area contributed by atoms with Gasteiger partial charge in [-0.25, -0.2) is 4.79 Å². The van der Waals surface area contributed by atoms with Crippen LogP contribution in [-0.2, 0) is 9.53 Å². The number of carbonyl (C=O) groups excluding carboxylic acids is 1. The van der Waals surface area contributed by atoms with E-state index in [9.17, 15) is 4.79 Å². The van der Waals surface area contributed by atoms with Crippen molar-refractivity contribution < 1.29 is 9.53 Å². The maximum atomic E-state index is 10.8. The molecule has 1 N–H and O–H groups in total. The molecule has 0 aromatic carbocycles. The first-order valence-electron chi connectivity index (χ1n) is 5.47. The van der Waals surface area contributed by atoms with Crippen LogP contribution >= 0.6 is 0 Å². The van der Waals surface area contributed by atoms with E-state index in [0.717, 1.165) is 6.54 Å². The standard InChI is InChI=1S/C12H23NO2/c1-9(2)11(10(3)4)8-13-7-6-12(14)15-5/h6-7,9-11,13H,8H2,1-5H3/b7-6+. The second-order valence-corrected chi connectivity index (χ2v) is 4.42. The largest absolute Gasteiger partial charge is 0.466 e. The number of rotatable bonds is 6. The molecule has 0 atom stereocenters. The molecule has 0 saturated carbocycles. The van der Waals surface area contributed by atoms with Crippen LogP contribution in [0.2, 0.25) is 0 Å². The van der Waals surface area contributed by atoms with Gasteiger partial charge in [0.2, 0.25) is 0 Å². The Balaban J connectivity index is 3.91. The van der Waals surface area contributed by atoms with E-state index in [1.807, 2.05) is 0 Å². The number of methoxy groups -OCH3 is 1. The van der Waals surface area contributed by atoms with Crippen molar-refractivity contribution in [1.29, 1.82) is 0 Å². The summed E-state index contributed by atoms with van der Waals surface area (Å²) < 4.78 is 4.49. The summed E-state index contributed by atoms with van der Waals surface area (Å²) in [6.07, 6.45) is 3.06. The molecule has 0 unspecified atom stereocenters. The van der Waals surface area contributed by atoms with Crippen LogP contribution in [0.25, 0.3) is 0 Å². The van der Waals surface area contributed by atoms with E-state index in [1.165, 1.54) is 13.2 Å². The van der Waals surface area contributed by atoms with Gasteiger partial charge in [0.05, 0.1) is 7.11 Å². The van der Waals surface area contributed by atoms with Crippen molar-refractivity contribution in [3.8, 4) is 0 Å². The Morgan fingerprint density at radius 1 is 1.27 bits per heavy atom. The zero-order chi connectivity index (χ0) is 11.8. The molecule has 0 aliphatic rings. The van der Waals surface area contributed by atoms with Gasteiger partial charge in [-0.2, -0.15) is 0 Å². The summed E-state index contributed by atoms with van der Waals surface area (Å²) >= 11 is 0. The second kappa shape index (κ2) is 7.32.